The van der Waals surface area contributed by atoms with Crippen molar-refractivity contribution in [2.45, 2.75) is 16.5 Å². The summed E-state index contributed by atoms with van der Waals surface area (Å²) in [5.41, 5.74) is 1.34. The van der Waals surface area contributed by atoms with Gasteiger partial charge in [0.1, 0.15) is 5.82 Å². The van der Waals surface area contributed by atoms with Crippen molar-refractivity contribution in [3.63, 3.8) is 0 Å². The third-order valence-electron chi connectivity index (χ3n) is 4.36. The monoisotopic (exact) mass is 442 g/mol. The lowest BCUT2D eigenvalue weighted by Gasteiger charge is -2.06. The van der Waals surface area contributed by atoms with Crippen LogP contribution in [0.15, 0.2) is 93.2 Å². The van der Waals surface area contributed by atoms with Crippen LogP contribution < -0.4 is 5.32 Å². The minimum Gasteiger partial charge on any atom is -0.419 e. The summed E-state index contributed by atoms with van der Waals surface area (Å²) in [6.45, 7) is 0.229. The first-order valence-electron chi connectivity index (χ1n) is 8.99. The topological polar surface area (TPSA) is 72.2 Å². The van der Waals surface area contributed by atoms with Gasteiger partial charge in [0, 0.05) is 17.1 Å². The number of nitrogens with zero attached hydrogens (tertiary/aromatic N) is 1. The Labute approximate surface area is 178 Å². The van der Waals surface area contributed by atoms with Crippen LogP contribution in [0, 0.1) is 5.82 Å². The number of hydrogen-bond donors (Lipinski definition) is 1. The molecule has 1 N–H and O–H groups in total. The summed E-state index contributed by atoms with van der Waals surface area (Å²) in [6.07, 6.45) is 0. The summed E-state index contributed by atoms with van der Waals surface area (Å²) >= 11 is 5.93. The minimum atomic E-state index is -3.93. The molecule has 0 unspecified atom stereocenters. The van der Waals surface area contributed by atoms with E-state index >= 15 is 0 Å². The lowest BCUT2D eigenvalue weighted by molar-refractivity contribution is 0.576. The number of nitrogens with one attached hydrogen (secondary N) is 1. The summed E-state index contributed by atoms with van der Waals surface area (Å²) in [4.78, 5) is 4.37. The van der Waals surface area contributed by atoms with Gasteiger partial charge in [-0.1, -0.05) is 41.9 Å². The van der Waals surface area contributed by atoms with Crippen LogP contribution in [0.4, 0.5) is 10.3 Å². The molecular weight excluding hydrogens is 427 g/mol. The van der Waals surface area contributed by atoms with Gasteiger partial charge in [0.05, 0.1) is 4.90 Å². The predicted molar refractivity (Wildman–Crippen MR) is 113 cm³/mol. The first-order valence-corrected chi connectivity index (χ1v) is 10.8. The highest BCUT2D eigenvalue weighted by atomic mass is 35.5. The first kappa shape index (κ1) is 20.1. The van der Waals surface area contributed by atoms with Gasteiger partial charge in [-0.05, 0) is 54.1 Å². The fourth-order valence-electron chi connectivity index (χ4n) is 2.81. The van der Waals surface area contributed by atoms with Gasteiger partial charge in [-0.25, -0.2) is 12.8 Å². The number of aromatic nitrogens is 1. The van der Waals surface area contributed by atoms with Crippen molar-refractivity contribution < 1.29 is 17.2 Å². The first-order chi connectivity index (χ1) is 14.4. The second-order valence-corrected chi connectivity index (χ2v) is 8.76. The molecule has 0 aliphatic carbocycles. The Morgan fingerprint density at radius 1 is 0.933 bits per heavy atom. The van der Waals surface area contributed by atoms with E-state index in [1.54, 1.807) is 54.6 Å². The van der Waals surface area contributed by atoms with Crippen molar-refractivity contribution in [2.24, 2.45) is 0 Å². The summed E-state index contributed by atoms with van der Waals surface area (Å²) < 4.78 is 45.3. The standard InChI is InChI=1S/C22H16ClFN2O3S/c23-17-10-8-16(9-11-17)20-26-22(30(27,28)19-4-2-1-3-5-19)21(29-20)25-14-15-6-12-18(24)13-7-15/h1-13,25H,14H2. The minimum absolute atomic E-state index is 0.00753. The molecule has 0 aliphatic rings. The van der Waals surface area contributed by atoms with E-state index in [1.165, 1.54) is 24.3 Å². The maximum Gasteiger partial charge on any atom is 0.234 e. The Morgan fingerprint density at radius 3 is 2.27 bits per heavy atom. The molecule has 0 bridgehead atoms. The number of oxazole rings is 1. The highest BCUT2D eigenvalue weighted by Crippen LogP contribution is 2.33. The van der Waals surface area contributed by atoms with E-state index in [0.717, 1.165) is 5.56 Å². The molecule has 0 amide bonds. The summed E-state index contributed by atoms with van der Waals surface area (Å²) in [7, 11) is -3.93. The molecule has 1 heterocycles. The molecule has 1 aromatic heterocycles. The Morgan fingerprint density at radius 2 is 1.60 bits per heavy atom. The van der Waals surface area contributed by atoms with E-state index in [-0.39, 0.29) is 34.1 Å². The van der Waals surface area contributed by atoms with Crippen LogP contribution >= 0.6 is 11.6 Å². The molecule has 0 fully saturated rings. The van der Waals surface area contributed by atoms with E-state index in [9.17, 15) is 12.8 Å². The van der Waals surface area contributed by atoms with E-state index in [4.69, 9.17) is 16.0 Å². The highest BCUT2D eigenvalue weighted by Gasteiger charge is 2.28. The van der Waals surface area contributed by atoms with Crippen LogP contribution in [0.3, 0.4) is 0 Å². The van der Waals surface area contributed by atoms with Crippen molar-refractivity contribution in [3.05, 3.63) is 95.3 Å². The molecule has 0 saturated carbocycles. The van der Waals surface area contributed by atoms with Gasteiger partial charge in [-0.15, -0.1) is 0 Å². The zero-order valence-electron chi connectivity index (χ0n) is 15.5. The molecule has 4 rings (SSSR count). The van der Waals surface area contributed by atoms with Crippen molar-refractivity contribution in [1.82, 2.24) is 4.98 Å². The molecule has 5 nitrogen and oxygen atoms in total. The molecule has 0 aliphatic heterocycles. The van der Waals surface area contributed by atoms with Crippen molar-refractivity contribution >= 4 is 27.3 Å². The van der Waals surface area contributed by atoms with E-state index in [0.29, 0.717) is 10.6 Å². The quantitative estimate of drug-likeness (QED) is 0.422. The van der Waals surface area contributed by atoms with E-state index in [1.807, 2.05) is 0 Å². The largest absolute Gasteiger partial charge is 0.419 e. The van der Waals surface area contributed by atoms with Crippen LogP contribution in [-0.2, 0) is 16.4 Å². The lowest BCUT2D eigenvalue weighted by atomic mass is 10.2. The highest BCUT2D eigenvalue weighted by molar-refractivity contribution is 7.91. The maximum absolute atomic E-state index is 13.2. The van der Waals surface area contributed by atoms with Gasteiger partial charge >= 0.3 is 0 Å². The van der Waals surface area contributed by atoms with Crippen molar-refractivity contribution in [1.29, 1.82) is 0 Å². The molecule has 4 aromatic rings. The number of rotatable bonds is 6. The Kier molecular flexibility index (Phi) is 5.57. The number of hydrogen-bond acceptors (Lipinski definition) is 5. The predicted octanol–water partition coefficient (Wildman–Crippen LogP) is 5.58. The smallest absolute Gasteiger partial charge is 0.234 e. The Bertz CT molecular complexity index is 1260. The fraction of sp³-hybridized carbons (Fsp3) is 0.0455. The van der Waals surface area contributed by atoms with Gasteiger partial charge in [0.2, 0.25) is 26.6 Å². The van der Waals surface area contributed by atoms with Gasteiger partial charge in [-0.2, -0.15) is 4.98 Å². The molecule has 0 atom stereocenters. The second kappa shape index (κ2) is 8.30. The zero-order chi connectivity index (χ0) is 21.1. The summed E-state index contributed by atoms with van der Waals surface area (Å²) in [6, 6.07) is 20.6. The number of halogens is 2. The van der Waals surface area contributed by atoms with Gasteiger partial charge in [0.25, 0.3) is 0 Å². The Hall–Kier alpha value is -3.16. The third-order valence-corrected chi connectivity index (χ3v) is 6.29. The molecule has 0 radical (unpaired) electrons. The molecule has 3 aromatic carbocycles. The van der Waals surface area contributed by atoms with Gasteiger partial charge in [0.15, 0.2) is 0 Å². The summed E-state index contributed by atoms with van der Waals surface area (Å²) in [5, 5.41) is 3.29. The fourth-order valence-corrected chi connectivity index (χ4v) is 4.24. The van der Waals surface area contributed by atoms with Crippen LogP contribution in [0.5, 0.6) is 0 Å². The maximum atomic E-state index is 13.2. The molecule has 0 saturated heterocycles. The Balaban J connectivity index is 1.74. The zero-order valence-corrected chi connectivity index (χ0v) is 17.1. The van der Waals surface area contributed by atoms with Crippen LogP contribution in [0.25, 0.3) is 11.5 Å². The van der Waals surface area contributed by atoms with Gasteiger partial charge in [-0.3, -0.25) is 0 Å². The van der Waals surface area contributed by atoms with E-state index in [2.05, 4.69) is 10.3 Å². The third kappa shape index (κ3) is 4.22. The second-order valence-electron chi connectivity index (χ2n) is 6.46. The normalized spacial score (nSPS) is 11.4. The molecule has 30 heavy (non-hydrogen) atoms. The molecule has 8 heteroatoms. The van der Waals surface area contributed by atoms with Crippen molar-refractivity contribution in [3.8, 4) is 11.5 Å². The summed E-state index contributed by atoms with van der Waals surface area (Å²) in [5.74, 6) is -0.202. The molecule has 152 valence electrons. The number of sulfone groups is 1. The number of benzene rings is 3. The van der Waals surface area contributed by atoms with Crippen LogP contribution in [0.1, 0.15) is 5.56 Å². The lowest BCUT2D eigenvalue weighted by Crippen LogP contribution is -2.07. The van der Waals surface area contributed by atoms with E-state index < -0.39 is 9.84 Å². The average molecular weight is 443 g/mol. The average Bonchev–Trinajstić information content (AvgIpc) is 3.20. The number of anilines is 1. The molecular formula is C22H16ClFN2O3S. The van der Waals surface area contributed by atoms with Crippen LogP contribution in [-0.4, -0.2) is 13.4 Å². The van der Waals surface area contributed by atoms with Crippen molar-refractivity contribution in [2.75, 3.05) is 5.32 Å². The van der Waals surface area contributed by atoms with Gasteiger partial charge < -0.3 is 9.73 Å². The SMILES string of the molecule is O=S(=O)(c1ccccc1)c1nc(-c2ccc(Cl)cc2)oc1NCc1ccc(F)cc1. The van der Waals surface area contributed by atoms with Crippen LogP contribution in [0.2, 0.25) is 5.02 Å². The molecule has 0 spiro atoms.